The molecule has 16 heavy (non-hydrogen) atoms. The highest BCUT2D eigenvalue weighted by molar-refractivity contribution is 5.23. The van der Waals surface area contributed by atoms with Crippen LogP contribution in [0.2, 0.25) is 0 Å². The van der Waals surface area contributed by atoms with Gasteiger partial charge in [0.25, 0.3) is 0 Å². The summed E-state index contributed by atoms with van der Waals surface area (Å²) < 4.78 is 7.16. The van der Waals surface area contributed by atoms with Crippen molar-refractivity contribution in [2.75, 3.05) is 18.9 Å². The molecule has 92 valence electrons. The second kappa shape index (κ2) is 5.29. The first kappa shape index (κ1) is 13.0. The van der Waals surface area contributed by atoms with Gasteiger partial charge in [-0.2, -0.15) is 5.10 Å². The van der Waals surface area contributed by atoms with E-state index in [1.165, 1.54) is 0 Å². The van der Waals surface area contributed by atoms with Crippen molar-refractivity contribution in [3.05, 3.63) is 12.3 Å². The number of hydrogen-bond donors (Lipinski definition) is 3. The van der Waals surface area contributed by atoms with Crippen molar-refractivity contribution in [3.8, 4) is 0 Å². The summed E-state index contributed by atoms with van der Waals surface area (Å²) in [4.78, 5) is 0. The molecule has 0 saturated heterocycles. The van der Waals surface area contributed by atoms with E-state index < -0.39 is 11.7 Å². The Kier molecular flexibility index (Phi) is 4.28. The summed E-state index contributed by atoms with van der Waals surface area (Å²) in [5.41, 5.74) is 5.02. The van der Waals surface area contributed by atoms with Gasteiger partial charge in [0, 0.05) is 6.20 Å². The van der Waals surface area contributed by atoms with Crippen LogP contribution in [0.3, 0.4) is 0 Å². The lowest BCUT2D eigenvalue weighted by Gasteiger charge is -2.26. The molecule has 0 amide bonds. The Morgan fingerprint density at radius 1 is 1.62 bits per heavy atom. The third kappa shape index (κ3) is 4.18. The standard InChI is InChI=1S/C10H19N3O3/c1-10(2,16-6-8(15)5-14)7-13-4-3-9(11)12-13/h3-4,8,14-15H,5-7H2,1-2H3,(H2,11,12)/t8-/m0/s1. The molecular formula is C10H19N3O3. The lowest BCUT2D eigenvalue weighted by Crippen LogP contribution is -2.34. The molecule has 1 aromatic heterocycles. The molecule has 4 N–H and O–H groups in total. The van der Waals surface area contributed by atoms with Crippen LogP contribution in [0.25, 0.3) is 0 Å². The van der Waals surface area contributed by atoms with Crippen LogP contribution >= 0.6 is 0 Å². The van der Waals surface area contributed by atoms with E-state index in [-0.39, 0.29) is 13.2 Å². The smallest absolute Gasteiger partial charge is 0.145 e. The van der Waals surface area contributed by atoms with Gasteiger partial charge < -0.3 is 20.7 Å². The number of nitrogens with two attached hydrogens (primary N) is 1. The highest BCUT2D eigenvalue weighted by Crippen LogP contribution is 2.13. The Labute approximate surface area is 94.6 Å². The predicted molar refractivity (Wildman–Crippen MR) is 59.8 cm³/mol. The van der Waals surface area contributed by atoms with Crippen LogP contribution in [0.5, 0.6) is 0 Å². The topological polar surface area (TPSA) is 93.5 Å². The lowest BCUT2D eigenvalue weighted by atomic mass is 10.1. The fourth-order valence-electron chi connectivity index (χ4n) is 1.28. The molecule has 1 atom stereocenters. The average molecular weight is 229 g/mol. The van der Waals surface area contributed by atoms with E-state index in [9.17, 15) is 5.11 Å². The van der Waals surface area contributed by atoms with Crippen LogP contribution in [0.1, 0.15) is 13.8 Å². The molecule has 0 fully saturated rings. The number of hydrogen-bond acceptors (Lipinski definition) is 5. The van der Waals surface area contributed by atoms with Gasteiger partial charge in [0.2, 0.25) is 0 Å². The first-order valence-electron chi connectivity index (χ1n) is 5.15. The number of rotatable bonds is 6. The third-order valence-corrected chi connectivity index (χ3v) is 2.08. The van der Waals surface area contributed by atoms with Crippen molar-refractivity contribution in [1.29, 1.82) is 0 Å². The summed E-state index contributed by atoms with van der Waals surface area (Å²) >= 11 is 0. The molecule has 0 aliphatic carbocycles. The van der Waals surface area contributed by atoms with Crippen LogP contribution < -0.4 is 5.73 Å². The van der Waals surface area contributed by atoms with Crippen LogP contribution in [0.4, 0.5) is 5.82 Å². The molecule has 1 rings (SSSR count). The van der Waals surface area contributed by atoms with E-state index in [2.05, 4.69) is 5.10 Å². The SMILES string of the molecule is CC(C)(Cn1ccc(N)n1)OC[C@@H](O)CO. The van der Waals surface area contributed by atoms with E-state index in [1.54, 1.807) is 16.9 Å². The molecule has 6 heteroatoms. The third-order valence-electron chi connectivity index (χ3n) is 2.08. The molecule has 1 heterocycles. The highest BCUT2D eigenvalue weighted by atomic mass is 16.5. The molecule has 0 spiro atoms. The zero-order valence-electron chi connectivity index (χ0n) is 9.63. The quantitative estimate of drug-likeness (QED) is 0.618. The Morgan fingerprint density at radius 3 is 2.81 bits per heavy atom. The predicted octanol–water partition coefficient (Wildman–Crippen LogP) is -0.386. The van der Waals surface area contributed by atoms with Crippen molar-refractivity contribution >= 4 is 5.82 Å². The molecule has 0 saturated carbocycles. The Hall–Kier alpha value is -1.11. The second-order valence-corrected chi connectivity index (χ2v) is 4.35. The summed E-state index contributed by atoms with van der Waals surface area (Å²) in [5.74, 6) is 0.464. The number of nitrogen functional groups attached to an aromatic ring is 1. The molecule has 1 aromatic rings. The molecule has 0 unspecified atom stereocenters. The molecule has 6 nitrogen and oxygen atoms in total. The van der Waals surface area contributed by atoms with E-state index in [4.69, 9.17) is 15.6 Å². The summed E-state index contributed by atoms with van der Waals surface area (Å²) in [6.07, 6.45) is 0.921. The van der Waals surface area contributed by atoms with Gasteiger partial charge in [-0.05, 0) is 19.9 Å². The molecule has 0 aromatic carbocycles. The van der Waals surface area contributed by atoms with Crippen molar-refractivity contribution < 1.29 is 14.9 Å². The van der Waals surface area contributed by atoms with Gasteiger partial charge in [-0.1, -0.05) is 0 Å². The zero-order valence-corrected chi connectivity index (χ0v) is 9.63. The van der Waals surface area contributed by atoms with Crippen molar-refractivity contribution in [3.63, 3.8) is 0 Å². The monoisotopic (exact) mass is 229 g/mol. The van der Waals surface area contributed by atoms with Crippen LogP contribution in [-0.4, -0.2) is 44.9 Å². The van der Waals surface area contributed by atoms with Crippen molar-refractivity contribution in [2.45, 2.75) is 32.1 Å². The van der Waals surface area contributed by atoms with E-state index in [1.807, 2.05) is 13.8 Å². The summed E-state index contributed by atoms with van der Waals surface area (Å²) in [6.45, 7) is 4.09. The van der Waals surface area contributed by atoms with Crippen LogP contribution in [0.15, 0.2) is 12.3 Å². The van der Waals surface area contributed by atoms with Gasteiger partial charge >= 0.3 is 0 Å². The normalized spacial score (nSPS) is 14.0. The number of nitrogens with zero attached hydrogens (tertiary/aromatic N) is 2. The van der Waals surface area contributed by atoms with Gasteiger partial charge in [-0.15, -0.1) is 0 Å². The van der Waals surface area contributed by atoms with E-state index in [0.29, 0.717) is 12.4 Å². The zero-order chi connectivity index (χ0) is 12.2. The Morgan fingerprint density at radius 2 is 2.31 bits per heavy atom. The van der Waals surface area contributed by atoms with E-state index >= 15 is 0 Å². The molecule has 0 bridgehead atoms. The van der Waals surface area contributed by atoms with Crippen molar-refractivity contribution in [1.82, 2.24) is 9.78 Å². The summed E-state index contributed by atoms with van der Waals surface area (Å²) in [5, 5.41) is 21.9. The Balaban J connectivity index is 2.45. The number of anilines is 1. The van der Waals surface area contributed by atoms with Crippen LogP contribution in [0, 0.1) is 0 Å². The molecule has 0 radical (unpaired) electrons. The highest BCUT2D eigenvalue weighted by Gasteiger charge is 2.21. The maximum absolute atomic E-state index is 9.17. The van der Waals surface area contributed by atoms with Gasteiger partial charge in [-0.25, -0.2) is 0 Å². The van der Waals surface area contributed by atoms with Gasteiger partial charge in [0.15, 0.2) is 0 Å². The Bertz CT molecular complexity index is 325. The largest absolute Gasteiger partial charge is 0.394 e. The summed E-state index contributed by atoms with van der Waals surface area (Å²) in [7, 11) is 0. The molecule has 0 aliphatic heterocycles. The number of aliphatic hydroxyl groups is 2. The van der Waals surface area contributed by atoms with Gasteiger partial charge in [0.1, 0.15) is 11.9 Å². The maximum atomic E-state index is 9.17. The average Bonchev–Trinajstić information content (AvgIpc) is 2.59. The first-order chi connectivity index (χ1) is 7.43. The fourth-order valence-corrected chi connectivity index (χ4v) is 1.28. The molecule has 0 aliphatic rings. The van der Waals surface area contributed by atoms with Crippen molar-refractivity contribution in [2.24, 2.45) is 0 Å². The molecular weight excluding hydrogens is 210 g/mol. The second-order valence-electron chi connectivity index (χ2n) is 4.35. The number of aliphatic hydroxyl groups excluding tert-OH is 2. The van der Waals surface area contributed by atoms with Gasteiger partial charge in [0.05, 0.1) is 25.4 Å². The fraction of sp³-hybridized carbons (Fsp3) is 0.700. The minimum atomic E-state index is -0.845. The minimum absolute atomic E-state index is 0.0975. The van der Waals surface area contributed by atoms with Crippen LogP contribution in [-0.2, 0) is 11.3 Å². The maximum Gasteiger partial charge on any atom is 0.145 e. The van der Waals surface area contributed by atoms with E-state index in [0.717, 1.165) is 0 Å². The first-order valence-corrected chi connectivity index (χ1v) is 5.15. The summed E-state index contributed by atoms with van der Waals surface area (Å²) in [6, 6.07) is 1.71. The van der Waals surface area contributed by atoms with Gasteiger partial charge in [-0.3, -0.25) is 4.68 Å². The lowest BCUT2D eigenvalue weighted by molar-refractivity contribution is -0.0789. The minimum Gasteiger partial charge on any atom is -0.394 e. The number of aromatic nitrogens is 2. The number of ether oxygens (including phenoxy) is 1.